The van der Waals surface area contributed by atoms with Crippen molar-refractivity contribution in [3.05, 3.63) is 0 Å². The molecular weight excluding hydrogens is 166 g/mol. The third kappa shape index (κ3) is 4.07. The molecule has 0 amide bonds. The molecule has 78 valence electrons. The molecule has 1 atom stereocenters. The number of rotatable bonds is 5. The van der Waals surface area contributed by atoms with E-state index in [2.05, 4.69) is 0 Å². The topological polar surface area (TPSA) is 44.5 Å². The average Bonchev–Trinajstić information content (AvgIpc) is 2.47. The molecule has 0 bridgehead atoms. The molecule has 3 nitrogen and oxygen atoms in total. The van der Waals surface area contributed by atoms with Gasteiger partial charge in [-0.2, -0.15) is 0 Å². The molecule has 1 fully saturated rings. The minimum absolute atomic E-state index is 0.308. The zero-order valence-corrected chi connectivity index (χ0v) is 8.71. The van der Waals surface area contributed by atoms with E-state index >= 15 is 0 Å². The third-order valence-electron chi connectivity index (χ3n) is 2.44. The fraction of sp³-hybridized carbons (Fsp3) is 1.00. The van der Waals surface area contributed by atoms with E-state index in [4.69, 9.17) is 15.2 Å². The second-order valence-corrected chi connectivity index (χ2v) is 4.05. The zero-order chi connectivity index (χ0) is 9.73. The quantitative estimate of drug-likeness (QED) is 0.666. The minimum Gasteiger partial charge on any atom is -0.348 e. The van der Waals surface area contributed by atoms with Crippen LogP contribution in [-0.2, 0) is 9.47 Å². The molecule has 2 N–H and O–H groups in total. The number of hydrogen-bond acceptors (Lipinski definition) is 3. The lowest BCUT2D eigenvalue weighted by Gasteiger charge is -2.22. The lowest BCUT2D eigenvalue weighted by atomic mass is 10.1. The molecule has 0 aromatic carbocycles. The highest BCUT2D eigenvalue weighted by atomic mass is 16.7. The summed E-state index contributed by atoms with van der Waals surface area (Å²) >= 11 is 0. The van der Waals surface area contributed by atoms with Gasteiger partial charge in [-0.3, -0.25) is 0 Å². The number of hydrogen-bond donors (Lipinski definition) is 1. The van der Waals surface area contributed by atoms with Gasteiger partial charge in [-0.1, -0.05) is 6.42 Å². The van der Waals surface area contributed by atoms with E-state index in [1.165, 1.54) is 6.42 Å². The van der Waals surface area contributed by atoms with Gasteiger partial charge in [0.15, 0.2) is 5.79 Å². The molecule has 1 saturated heterocycles. The Morgan fingerprint density at radius 3 is 2.46 bits per heavy atom. The van der Waals surface area contributed by atoms with Crippen LogP contribution in [0.4, 0.5) is 0 Å². The van der Waals surface area contributed by atoms with Crippen LogP contribution < -0.4 is 5.73 Å². The molecule has 13 heavy (non-hydrogen) atoms. The molecule has 3 heteroatoms. The first-order valence-electron chi connectivity index (χ1n) is 5.16. The van der Waals surface area contributed by atoms with Gasteiger partial charge < -0.3 is 15.2 Å². The Morgan fingerprint density at radius 1 is 1.31 bits per heavy atom. The minimum atomic E-state index is -0.308. The van der Waals surface area contributed by atoms with Crippen molar-refractivity contribution < 1.29 is 9.47 Å². The maximum absolute atomic E-state index is 5.66. The first-order chi connectivity index (χ1) is 6.12. The van der Waals surface area contributed by atoms with Gasteiger partial charge in [0.05, 0.1) is 13.2 Å². The van der Waals surface area contributed by atoms with Crippen molar-refractivity contribution in [3.8, 4) is 0 Å². The number of nitrogens with two attached hydrogens (primary N) is 1. The zero-order valence-electron chi connectivity index (χ0n) is 8.71. The van der Waals surface area contributed by atoms with Crippen molar-refractivity contribution in [2.24, 2.45) is 5.73 Å². The summed E-state index contributed by atoms with van der Waals surface area (Å²) in [4.78, 5) is 0. The van der Waals surface area contributed by atoms with E-state index in [9.17, 15) is 0 Å². The van der Waals surface area contributed by atoms with E-state index in [0.717, 1.165) is 32.5 Å². The van der Waals surface area contributed by atoms with Crippen LogP contribution in [-0.4, -0.2) is 25.0 Å². The normalized spacial score (nSPS) is 23.3. The summed E-state index contributed by atoms with van der Waals surface area (Å²) in [5, 5.41) is 0. The number of ether oxygens (including phenoxy) is 2. The van der Waals surface area contributed by atoms with E-state index in [1.807, 2.05) is 13.8 Å². The summed E-state index contributed by atoms with van der Waals surface area (Å²) in [6.07, 6.45) is 4.38. The van der Waals surface area contributed by atoms with Crippen molar-refractivity contribution in [3.63, 3.8) is 0 Å². The highest BCUT2D eigenvalue weighted by Gasteiger charge is 2.29. The van der Waals surface area contributed by atoms with Gasteiger partial charge in [-0.15, -0.1) is 0 Å². The Bertz CT molecular complexity index is 142. The first-order valence-corrected chi connectivity index (χ1v) is 5.16. The van der Waals surface area contributed by atoms with Crippen molar-refractivity contribution >= 4 is 0 Å². The molecule has 1 rings (SSSR count). The van der Waals surface area contributed by atoms with E-state index in [-0.39, 0.29) is 5.79 Å². The maximum Gasteiger partial charge on any atom is 0.165 e. The van der Waals surface area contributed by atoms with Crippen LogP contribution in [0.1, 0.15) is 39.5 Å². The molecule has 0 radical (unpaired) electrons. The second kappa shape index (κ2) is 4.94. The summed E-state index contributed by atoms with van der Waals surface area (Å²) < 4.78 is 11.0. The smallest absolute Gasteiger partial charge is 0.165 e. The molecule has 0 saturated carbocycles. The van der Waals surface area contributed by atoms with Gasteiger partial charge in [-0.25, -0.2) is 0 Å². The van der Waals surface area contributed by atoms with Crippen LogP contribution in [0.3, 0.4) is 0 Å². The molecule has 1 aliphatic heterocycles. The summed E-state index contributed by atoms with van der Waals surface area (Å²) in [5.74, 6) is -0.308. The molecule has 0 aliphatic carbocycles. The van der Waals surface area contributed by atoms with Gasteiger partial charge in [0.1, 0.15) is 0 Å². The SMILES string of the molecule is CC(N)CCCCC1(C)OCCO1. The molecule has 1 aliphatic rings. The second-order valence-electron chi connectivity index (χ2n) is 4.05. The highest BCUT2D eigenvalue weighted by Crippen LogP contribution is 2.24. The molecule has 1 unspecified atom stereocenters. The van der Waals surface area contributed by atoms with E-state index in [1.54, 1.807) is 0 Å². The predicted molar refractivity (Wildman–Crippen MR) is 52.4 cm³/mol. The molecular formula is C10H21NO2. The fourth-order valence-electron chi connectivity index (χ4n) is 1.61. The lowest BCUT2D eigenvalue weighted by Crippen LogP contribution is -2.25. The van der Waals surface area contributed by atoms with Crippen molar-refractivity contribution in [2.75, 3.05) is 13.2 Å². The van der Waals surface area contributed by atoms with Crippen LogP contribution in [0.15, 0.2) is 0 Å². The van der Waals surface area contributed by atoms with Crippen LogP contribution in [0.25, 0.3) is 0 Å². The molecule has 1 heterocycles. The van der Waals surface area contributed by atoms with Crippen LogP contribution in [0.5, 0.6) is 0 Å². The van der Waals surface area contributed by atoms with Crippen molar-refractivity contribution in [1.82, 2.24) is 0 Å². The van der Waals surface area contributed by atoms with Gasteiger partial charge in [0.2, 0.25) is 0 Å². The molecule has 0 spiro atoms. The Labute approximate surface area is 80.6 Å². The summed E-state index contributed by atoms with van der Waals surface area (Å²) in [6.45, 7) is 5.55. The Kier molecular flexibility index (Phi) is 4.16. The predicted octanol–water partition coefficient (Wildman–Crippen LogP) is 1.66. The monoisotopic (exact) mass is 187 g/mol. The van der Waals surface area contributed by atoms with E-state index in [0.29, 0.717) is 6.04 Å². The van der Waals surface area contributed by atoms with Crippen LogP contribution in [0.2, 0.25) is 0 Å². The van der Waals surface area contributed by atoms with Gasteiger partial charge in [-0.05, 0) is 26.7 Å². The third-order valence-corrected chi connectivity index (χ3v) is 2.44. The van der Waals surface area contributed by atoms with Crippen molar-refractivity contribution in [2.45, 2.75) is 51.4 Å². The summed E-state index contributed by atoms with van der Waals surface area (Å²) in [6, 6.07) is 0.318. The average molecular weight is 187 g/mol. The Balaban J connectivity index is 2.04. The highest BCUT2D eigenvalue weighted by molar-refractivity contribution is 4.68. The summed E-state index contributed by atoms with van der Waals surface area (Å²) in [5.41, 5.74) is 5.66. The van der Waals surface area contributed by atoms with Gasteiger partial charge in [0.25, 0.3) is 0 Å². The Morgan fingerprint density at radius 2 is 1.92 bits per heavy atom. The lowest BCUT2D eigenvalue weighted by molar-refractivity contribution is -0.147. The van der Waals surface area contributed by atoms with Crippen molar-refractivity contribution in [1.29, 1.82) is 0 Å². The Hall–Kier alpha value is -0.120. The molecule has 0 aromatic heterocycles. The molecule has 0 aromatic rings. The van der Waals surface area contributed by atoms with E-state index < -0.39 is 0 Å². The first kappa shape index (κ1) is 11.0. The maximum atomic E-state index is 5.66. The van der Waals surface area contributed by atoms with Gasteiger partial charge in [0, 0.05) is 12.5 Å². The summed E-state index contributed by atoms with van der Waals surface area (Å²) in [7, 11) is 0. The number of unbranched alkanes of at least 4 members (excludes halogenated alkanes) is 1. The standard InChI is InChI=1S/C10H21NO2/c1-9(11)5-3-4-6-10(2)12-7-8-13-10/h9H,3-8,11H2,1-2H3. The fourth-order valence-corrected chi connectivity index (χ4v) is 1.61. The van der Waals surface area contributed by atoms with Crippen LogP contribution in [0, 0.1) is 0 Å². The van der Waals surface area contributed by atoms with Gasteiger partial charge >= 0.3 is 0 Å². The van der Waals surface area contributed by atoms with Crippen LogP contribution >= 0.6 is 0 Å². The largest absolute Gasteiger partial charge is 0.348 e.